The summed E-state index contributed by atoms with van der Waals surface area (Å²) in [5.41, 5.74) is 5.41. The molecule has 112 valence electrons. The molecule has 0 radical (unpaired) electrons. The number of hydrogen-bond acceptors (Lipinski definition) is 1. The predicted molar refractivity (Wildman–Crippen MR) is 93.1 cm³/mol. The Balaban J connectivity index is 2.60. The predicted octanol–water partition coefficient (Wildman–Crippen LogP) is 5.61. The molecule has 1 nitrogen and oxygen atoms in total. The first-order chi connectivity index (χ1) is 9.33. The van der Waals surface area contributed by atoms with Crippen molar-refractivity contribution in [3.63, 3.8) is 0 Å². The highest BCUT2D eigenvalue weighted by molar-refractivity contribution is 6.87. The van der Waals surface area contributed by atoms with E-state index in [0.29, 0.717) is 6.04 Å². The summed E-state index contributed by atoms with van der Waals surface area (Å²) < 4.78 is 2.89. The molecule has 0 N–H and O–H groups in total. The molecule has 0 amide bonds. The van der Waals surface area contributed by atoms with Gasteiger partial charge in [-0.25, -0.2) is 0 Å². The largest absolute Gasteiger partial charge is 0.394 e. The maximum atomic E-state index is 2.89. The standard InChI is InChI=1S/C18H31NSi/c1-13(2)20(14(3)4,15(5)6)19-16(7)12-17-10-8-9-11-18(17)19/h8-11,13-16H,12H2,1-7H3/t16-/m1/s1. The van der Waals surface area contributed by atoms with Crippen molar-refractivity contribution in [2.75, 3.05) is 4.57 Å². The van der Waals surface area contributed by atoms with Gasteiger partial charge in [0.2, 0.25) is 0 Å². The molecule has 0 unspecified atom stereocenters. The molecule has 1 aromatic rings. The van der Waals surface area contributed by atoms with Gasteiger partial charge in [0.15, 0.2) is 8.24 Å². The van der Waals surface area contributed by atoms with Crippen LogP contribution in [0.15, 0.2) is 24.3 Å². The Kier molecular flexibility index (Phi) is 4.34. The fourth-order valence-electron chi connectivity index (χ4n) is 4.99. The number of hydrogen-bond donors (Lipinski definition) is 0. The molecule has 1 aliphatic rings. The Labute approximate surface area is 126 Å². The third-order valence-electron chi connectivity index (χ3n) is 5.40. The van der Waals surface area contributed by atoms with Gasteiger partial charge in [0.1, 0.15) is 0 Å². The topological polar surface area (TPSA) is 3.24 Å². The fraction of sp³-hybridized carbons (Fsp3) is 0.667. The molecular formula is C18H31NSi. The van der Waals surface area contributed by atoms with Gasteiger partial charge < -0.3 is 4.57 Å². The summed E-state index contributed by atoms with van der Waals surface area (Å²) in [6, 6.07) is 9.74. The lowest BCUT2D eigenvalue weighted by atomic mass is 10.1. The van der Waals surface area contributed by atoms with Crippen LogP contribution in [0, 0.1) is 0 Å². The lowest BCUT2D eigenvalue weighted by Crippen LogP contribution is -2.62. The Bertz CT molecular complexity index is 442. The van der Waals surface area contributed by atoms with Crippen LogP contribution in [-0.4, -0.2) is 14.3 Å². The van der Waals surface area contributed by atoms with Gasteiger partial charge in [-0.1, -0.05) is 59.7 Å². The van der Waals surface area contributed by atoms with E-state index in [1.807, 2.05) is 0 Å². The third kappa shape index (κ3) is 2.13. The number of benzene rings is 1. The summed E-state index contributed by atoms with van der Waals surface area (Å²) in [4.78, 5) is 0. The van der Waals surface area contributed by atoms with Crippen molar-refractivity contribution in [1.82, 2.24) is 0 Å². The second kappa shape index (κ2) is 5.55. The number of rotatable bonds is 4. The molecule has 2 rings (SSSR count). The zero-order chi connectivity index (χ0) is 15.1. The molecule has 0 aliphatic carbocycles. The highest BCUT2D eigenvalue weighted by Crippen LogP contribution is 2.49. The molecule has 1 heterocycles. The molecule has 0 bridgehead atoms. The fourth-order valence-corrected chi connectivity index (χ4v) is 12.1. The van der Waals surface area contributed by atoms with Crippen molar-refractivity contribution in [1.29, 1.82) is 0 Å². The highest BCUT2D eigenvalue weighted by atomic mass is 28.3. The average Bonchev–Trinajstić information content (AvgIpc) is 2.66. The smallest absolute Gasteiger partial charge is 0.164 e. The van der Waals surface area contributed by atoms with Crippen molar-refractivity contribution in [3.8, 4) is 0 Å². The van der Waals surface area contributed by atoms with Crippen LogP contribution < -0.4 is 4.57 Å². The number of fused-ring (bicyclic) bond motifs is 1. The Hall–Kier alpha value is -0.763. The van der Waals surface area contributed by atoms with Crippen molar-refractivity contribution in [2.45, 2.75) is 77.6 Å². The minimum Gasteiger partial charge on any atom is -0.394 e. The summed E-state index contributed by atoms with van der Waals surface area (Å²) in [6.07, 6.45) is 1.22. The summed E-state index contributed by atoms with van der Waals surface area (Å²) in [6.45, 7) is 17.2. The maximum Gasteiger partial charge on any atom is 0.164 e. The molecule has 0 aromatic heterocycles. The number of para-hydroxylation sites is 1. The normalized spacial score (nSPS) is 19.3. The summed E-state index contributed by atoms with van der Waals surface area (Å²) in [5, 5.41) is 0. The molecule has 1 atom stereocenters. The van der Waals surface area contributed by atoms with Crippen molar-refractivity contribution in [2.24, 2.45) is 0 Å². The monoisotopic (exact) mass is 289 g/mol. The van der Waals surface area contributed by atoms with Gasteiger partial charge in [-0.15, -0.1) is 0 Å². The van der Waals surface area contributed by atoms with E-state index in [0.717, 1.165) is 16.6 Å². The third-order valence-corrected chi connectivity index (χ3v) is 12.5. The molecule has 0 spiro atoms. The molecule has 1 aliphatic heterocycles. The van der Waals surface area contributed by atoms with Crippen LogP contribution in [0.5, 0.6) is 0 Å². The second-order valence-electron chi connectivity index (χ2n) is 7.40. The van der Waals surface area contributed by atoms with E-state index < -0.39 is 8.24 Å². The van der Waals surface area contributed by atoms with Crippen LogP contribution >= 0.6 is 0 Å². The molecule has 0 saturated heterocycles. The van der Waals surface area contributed by atoms with Crippen molar-refractivity contribution in [3.05, 3.63) is 29.8 Å². The van der Waals surface area contributed by atoms with Gasteiger partial charge >= 0.3 is 0 Å². The minimum atomic E-state index is -1.58. The van der Waals surface area contributed by atoms with Gasteiger partial charge in [0.25, 0.3) is 0 Å². The van der Waals surface area contributed by atoms with E-state index >= 15 is 0 Å². The van der Waals surface area contributed by atoms with Crippen LogP contribution in [0.2, 0.25) is 16.6 Å². The van der Waals surface area contributed by atoms with E-state index in [1.54, 1.807) is 5.56 Å². The molecule has 2 heteroatoms. The number of nitrogens with zero attached hydrogens (tertiary/aromatic N) is 1. The van der Waals surface area contributed by atoms with Gasteiger partial charge in [0.05, 0.1) is 0 Å². The Morgan fingerprint density at radius 3 is 1.95 bits per heavy atom. The van der Waals surface area contributed by atoms with Gasteiger partial charge in [0, 0.05) is 11.7 Å². The molecule has 1 aromatic carbocycles. The van der Waals surface area contributed by atoms with Crippen molar-refractivity contribution < 1.29 is 0 Å². The summed E-state index contributed by atoms with van der Waals surface area (Å²) in [5.74, 6) is 0. The van der Waals surface area contributed by atoms with Gasteiger partial charge in [-0.2, -0.15) is 0 Å². The second-order valence-corrected chi connectivity index (χ2v) is 13.1. The lowest BCUT2D eigenvalue weighted by molar-refractivity contribution is 0.704. The first-order valence-electron chi connectivity index (χ1n) is 8.20. The van der Waals surface area contributed by atoms with Gasteiger partial charge in [-0.05, 0) is 41.6 Å². The SMILES string of the molecule is CC(C)[Si](C(C)C)(C(C)C)N1c2ccccc2C[C@H]1C. The minimum absolute atomic E-state index is 0.659. The molecular weight excluding hydrogens is 258 g/mol. The van der Waals surface area contributed by atoms with E-state index in [-0.39, 0.29) is 0 Å². The zero-order valence-corrected chi connectivity index (χ0v) is 15.3. The van der Waals surface area contributed by atoms with E-state index in [2.05, 4.69) is 77.3 Å². The molecule has 20 heavy (non-hydrogen) atoms. The average molecular weight is 290 g/mol. The van der Waals surface area contributed by atoms with Crippen LogP contribution in [0.25, 0.3) is 0 Å². The van der Waals surface area contributed by atoms with E-state index in [9.17, 15) is 0 Å². The Morgan fingerprint density at radius 2 is 1.45 bits per heavy atom. The first-order valence-corrected chi connectivity index (χ1v) is 10.4. The van der Waals surface area contributed by atoms with Crippen LogP contribution in [0.1, 0.15) is 54.0 Å². The quantitative estimate of drug-likeness (QED) is 0.651. The number of anilines is 1. The first kappa shape index (κ1) is 15.6. The lowest BCUT2D eigenvalue weighted by Gasteiger charge is -2.53. The Morgan fingerprint density at radius 1 is 0.950 bits per heavy atom. The van der Waals surface area contributed by atoms with E-state index in [1.165, 1.54) is 12.1 Å². The van der Waals surface area contributed by atoms with Crippen LogP contribution in [0.3, 0.4) is 0 Å². The van der Waals surface area contributed by atoms with E-state index in [4.69, 9.17) is 0 Å². The highest BCUT2D eigenvalue weighted by Gasteiger charge is 2.51. The summed E-state index contributed by atoms with van der Waals surface area (Å²) >= 11 is 0. The van der Waals surface area contributed by atoms with Crippen LogP contribution in [0.4, 0.5) is 5.69 Å². The maximum absolute atomic E-state index is 2.89. The van der Waals surface area contributed by atoms with Gasteiger partial charge in [-0.3, -0.25) is 0 Å². The molecule has 0 saturated carbocycles. The summed E-state index contributed by atoms with van der Waals surface area (Å²) in [7, 11) is -1.58. The molecule has 0 fully saturated rings. The van der Waals surface area contributed by atoms with Crippen molar-refractivity contribution >= 4 is 13.9 Å². The van der Waals surface area contributed by atoms with Crippen LogP contribution in [-0.2, 0) is 6.42 Å². The zero-order valence-electron chi connectivity index (χ0n) is 14.3.